The Morgan fingerprint density at radius 1 is 1.39 bits per heavy atom. The van der Waals surface area contributed by atoms with Crippen molar-refractivity contribution in [1.29, 1.82) is 0 Å². The number of ether oxygens (including phenoxy) is 1. The molecule has 0 unspecified atom stereocenters. The highest BCUT2D eigenvalue weighted by atomic mass is 16.5. The van der Waals surface area contributed by atoms with Crippen LogP contribution in [0.5, 0.6) is 5.75 Å². The van der Waals surface area contributed by atoms with Crippen molar-refractivity contribution in [3.05, 3.63) is 23.9 Å². The van der Waals surface area contributed by atoms with Crippen LogP contribution in [0.15, 0.2) is 18.3 Å². The molecule has 124 valence electrons. The second-order valence-electron chi connectivity index (χ2n) is 6.25. The van der Waals surface area contributed by atoms with E-state index in [1.165, 1.54) is 5.56 Å². The van der Waals surface area contributed by atoms with Gasteiger partial charge in [-0.25, -0.2) is 0 Å². The number of hydrogen-bond acceptors (Lipinski definition) is 3. The maximum atomic E-state index is 11.6. The lowest BCUT2D eigenvalue weighted by Gasteiger charge is -2.30. The van der Waals surface area contributed by atoms with E-state index in [2.05, 4.69) is 22.4 Å². The van der Waals surface area contributed by atoms with Gasteiger partial charge in [-0.3, -0.25) is 9.89 Å². The summed E-state index contributed by atoms with van der Waals surface area (Å²) in [5, 5.41) is 11.4. The van der Waals surface area contributed by atoms with Gasteiger partial charge >= 0.3 is 0 Å². The lowest BCUT2D eigenvalue weighted by atomic mass is 9.92. The molecule has 1 heterocycles. The predicted molar refractivity (Wildman–Crippen MR) is 90.6 cm³/mol. The van der Waals surface area contributed by atoms with Crippen LogP contribution >= 0.6 is 0 Å². The van der Waals surface area contributed by atoms with Crippen molar-refractivity contribution in [2.24, 2.45) is 0 Å². The fraction of sp³-hybridized carbons (Fsp3) is 0.556. The summed E-state index contributed by atoms with van der Waals surface area (Å²) in [4.78, 5) is 11.6. The van der Waals surface area contributed by atoms with Crippen molar-refractivity contribution in [3.63, 3.8) is 0 Å². The largest absolute Gasteiger partial charge is 0.490 e. The maximum Gasteiger partial charge on any atom is 0.219 e. The van der Waals surface area contributed by atoms with Gasteiger partial charge in [0.15, 0.2) is 0 Å². The zero-order chi connectivity index (χ0) is 16.2. The van der Waals surface area contributed by atoms with E-state index in [0.29, 0.717) is 6.42 Å². The average molecular weight is 315 g/mol. The Bertz CT molecular complexity index is 680. The lowest BCUT2D eigenvalue weighted by Crippen LogP contribution is -2.41. The smallest absolute Gasteiger partial charge is 0.219 e. The Hall–Kier alpha value is -2.04. The maximum absolute atomic E-state index is 11.6. The van der Waals surface area contributed by atoms with Gasteiger partial charge in [0.25, 0.3) is 0 Å². The number of nitrogens with one attached hydrogen (secondary N) is 2. The van der Waals surface area contributed by atoms with Crippen molar-refractivity contribution >= 4 is 16.8 Å². The van der Waals surface area contributed by atoms with Crippen molar-refractivity contribution in [2.75, 3.05) is 0 Å². The Morgan fingerprint density at radius 2 is 2.26 bits per heavy atom. The van der Waals surface area contributed by atoms with Gasteiger partial charge in [-0.15, -0.1) is 0 Å². The molecule has 2 N–H and O–H groups in total. The van der Waals surface area contributed by atoms with Gasteiger partial charge in [0, 0.05) is 29.8 Å². The minimum atomic E-state index is 0.129. The average Bonchev–Trinajstić information content (AvgIpc) is 3.03. The Kier molecular flexibility index (Phi) is 4.84. The van der Waals surface area contributed by atoms with Gasteiger partial charge < -0.3 is 10.1 Å². The molecule has 0 aliphatic heterocycles. The molecule has 1 saturated carbocycles. The molecule has 5 heteroatoms. The molecule has 1 amide bonds. The van der Waals surface area contributed by atoms with Crippen LogP contribution in [0.4, 0.5) is 0 Å². The molecule has 1 fully saturated rings. The zero-order valence-corrected chi connectivity index (χ0v) is 13.9. The number of carbonyl (C=O) groups excluding carboxylic acids is 1. The van der Waals surface area contributed by atoms with Crippen LogP contribution in [0.3, 0.4) is 0 Å². The summed E-state index contributed by atoms with van der Waals surface area (Å²) in [6, 6.07) is 4.30. The predicted octanol–water partition coefficient (Wildman–Crippen LogP) is 3.34. The molecule has 1 aromatic carbocycles. The number of aromatic amines is 1. The third-order valence-corrected chi connectivity index (χ3v) is 4.65. The SMILES string of the molecule is CCC(=O)N[C@@H]1CCC[C@H](Oc2ccc3[nH]ncc3c2CC)C1. The van der Waals surface area contributed by atoms with Crippen molar-refractivity contribution in [1.82, 2.24) is 15.5 Å². The molecule has 0 saturated heterocycles. The van der Waals surface area contributed by atoms with E-state index in [1.54, 1.807) is 0 Å². The molecule has 2 aromatic rings. The van der Waals surface area contributed by atoms with E-state index in [0.717, 1.165) is 48.8 Å². The first kappa shape index (κ1) is 15.8. The van der Waals surface area contributed by atoms with Gasteiger partial charge in [0.05, 0.1) is 11.7 Å². The Labute approximate surface area is 136 Å². The van der Waals surface area contributed by atoms with E-state index in [4.69, 9.17) is 4.74 Å². The molecule has 1 aliphatic rings. The molecule has 3 rings (SSSR count). The van der Waals surface area contributed by atoms with E-state index >= 15 is 0 Å². The van der Waals surface area contributed by atoms with E-state index in [9.17, 15) is 4.79 Å². The van der Waals surface area contributed by atoms with Crippen LogP contribution in [-0.4, -0.2) is 28.3 Å². The molecule has 0 bridgehead atoms. The summed E-state index contributed by atoms with van der Waals surface area (Å²) in [6.07, 6.45) is 7.56. The van der Waals surface area contributed by atoms with Gasteiger partial charge in [-0.2, -0.15) is 5.10 Å². The van der Waals surface area contributed by atoms with Gasteiger partial charge in [-0.05, 0) is 37.8 Å². The number of rotatable bonds is 5. The second kappa shape index (κ2) is 7.02. The second-order valence-corrected chi connectivity index (χ2v) is 6.25. The number of H-pyrrole nitrogens is 1. The minimum Gasteiger partial charge on any atom is -0.490 e. The normalized spacial score (nSPS) is 21.3. The van der Waals surface area contributed by atoms with Gasteiger partial charge in [0.2, 0.25) is 5.91 Å². The number of aromatic nitrogens is 2. The summed E-state index contributed by atoms with van der Waals surface area (Å²) < 4.78 is 6.31. The van der Waals surface area contributed by atoms with Crippen LogP contribution in [0, 0.1) is 0 Å². The Morgan fingerprint density at radius 3 is 3.04 bits per heavy atom. The van der Waals surface area contributed by atoms with Crippen LogP contribution < -0.4 is 10.1 Å². The first-order valence-electron chi connectivity index (χ1n) is 8.62. The van der Waals surface area contributed by atoms with E-state index in [-0.39, 0.29) is 18.1 Å². The summed E-state index contributed by atoms with van der Waals surface area (Å²) in [6.45, 7) is 4.03. The number of fused-ring (bicyclic) bond motifs is 1. The minimum absolute atomic E-state index is 0.129. The van der Waals surface area contributed by atoms with Gasteiger partial charge in [-0.1, -0.05) is 13.8 Å². The molecule has 1 aromatic heterocycles. The molecular weight excluding hydrogens is 290 g/mol. The molecule has 0 radical (unpaired) electrons. The first-order valence-corrected chi connectivity index (χ1v) is 8.62. The molecule has 0 spiro atoms. The van der Waals surface area contributed by atoms with Crippen LogP contribution in [-0.2, 0) is 11.2 Å². The van der Waals surface area contributed by atoms with Crippen molar-refractivity contribution in [3.8, 4) is 5.75 Å². The van der Waals surface area contributed by atoms with Gasteiger partial charge in [0.1, 0.15) is 11.9 Å². The molecule has 23 heavy (non-hydrogen) atoms. The number of hydrogen-bond donors (Lipinski definition) is 2. The van der Waals surface area contributed by atoms with Crippen molar-refractivity contribution < 1.29 is 9.53 Å². The number of aryl methyl sites for hydroxylation is 1. The first-order chi connectivity index (χ1) is 11.2. The summed E-state index contributed by atoms with van der Waals surface area (Å²) >= 11 is 0. The molecule has 5 nitrogen and oxygen atoms in total. The van der Waals surface area contributed by atoms with Crippen molar-refractivity contribution in [2.45, 2.75) is 64.5 Å². The molecule has 2 atom stereocenters. The highest BCUT2D eigenvalue weighted by Crippen LogP contribution is 2.31. The summed E-state index contributed by atoms with van der Waals surface area (Å²) in [7, 11) is 0. The monoisotopic (exact) mass is 315 g/mol. The molecule has 1 aliphatic carbocycles. The summed E-state index contributed by atoms with van der Waals surface area (Å²) in [5.41, 5.74) is 2.25. The molecular formula is C18H25N3O2. The summed E-state index contributed by atoms with van der Waals surface area (Å²) in [5.74, 6) is 1.08. The van der Waals surface area contributed by atoms with E-state index < -0.39 is 0 Å². The van der Waals surface area contributed by atoms with Crippen LogP contribution in [0.25, 0.3) is 10.9 Å². The fourth-order valence-electron chi connectivity index (χ4n) is 3.42. The quantitative estimate of drug-likeness (QED) is 0.889. The third-order valence-electron chi connectivity index (χ3n) is 4.65. The lowest BCUT2D eigenvalue weighted by molar-refractivity contribution is -0.121. The number of benzene rings is 1. The number of amides is 1. The number of nitrogens with zero attached hydrogens (tertiary/aromatic N) is 1. The van der Waals surface area contributed by atoms with Crippen LogP contribution in [0.1, 0.15) is 51.5 Å². The fourth-order valence-corrected chi connectivity index (χ4v) is 3.42. The number of carbonyl (C=O) groups is 1. The van der Waals surface area contributed by atoms with E-state index in [1.807, 2.05) is 25.3 Å². The highest BCUT2D eigenvalue weighted by Gasteiger charge is 2.25. The third kappa shape index (κ3) is 3.49. The standard InChI is InChI=1S/C18H25N3O2/c1-3-14-15-11-19-21-16(15)8-9-17(14)23-13-7-5-6-12(10-13)20-18(22)4-2/h8-9,11-13H,3-7,10H2,1-2H3,(H,19,21)(H,20,22)/t12-,13+/m1/s1. The van der Waals surface area contributed by atoms with Crippen LogP contribution in [0.2, 0.25) is 0 Å². The zero-order valence-electron chi connectivity index (χ0n) is 13.9. The highest BCUT2D eigenvalue weighted by molar-refractivity contribution is 5.84. The Balaban J connectivity index is 1.72. The topological polar surface area (TPSA) is 67.0 Å².